The van der Waals surface area contributed by atoms with E-state index in [0.717, 1.165) is 4.47 Å². The van der Waals surface area contributed by atoms with Gasteiger partial charge in [-0.25, -0.2) is 5.43 Å². The maximum absolute atomic E-state index is 11.9. The van der Waals surface area contributed by atoms with Gasteiger partial charge in [0.1, 0.15) is 6.42 Å². The number of nitrogens with one attached hydrogen (secondary N) is 2. The number of phenols is 1. The molecular formula is C18H17Br2N3O4. The standard InChI is InChI=1S/C18H17Br2N3O4/c1-2-27-15-8-11(7-13(20)18(15)26)10-21-23-17(25)9-16(24)22-14-6-4-3-5-12(14)19/h3-8,10,26H,2,9H2,1H3,(H,22,24)(H,23,25). The summed E-state index contributed by atoms with van der Waals surface area (Å²) in [5.74, 6) is -0.728. The SMILES string of the molecule is CCOc1cc(C=NNC(=O)CC(=O)Nc2ccccc2Br)cc(Br)c1O. The number of rotatable bonds is 7. The topological polar surface area (TPSA) is 100 Å². The second-order valence-corrected chi connectivity index (χ2v) is 6.99. The smallest absolute Gasteiger partial charge is 0.249 e. The van der Waals surface area contributed by atoms with Crippen molar-refractivity contribution < 1.29 is 19.4 Å². The van der Waals surface area contributed by atoms with Crippen LogP contribution in [-0.2, 0) is 9.59 Å². The Morgan fingerprint density at radius 1 is 1.19 bits per heavy atom. The molecule has 27 heavy (non-hydrogen) atoms. The number of amides is 2. The van der Waals surface area contributed by atoms with Gasteiger partial charge >= 0.3 is 0 Å². The number of carbonyl (C=O) groups excluding carboxylic acids is 2. The van der Waals surface area contributed by atoms with Crippen LogP contribution in [0.2, 0.25) is 0 Å². The van der Waals surface area contributed by atoms with Crippen LogP contribution < -0.4 is 15.5 Å². The van der Waals surface area contributed by atoms with Gasteiger partial charge in [-0.2, -0.15) is 5.10 Å². The van der Waals surface area contributed by atoms with Crippen LogP contribution in [-0.4, -0.2) is 29.7 Å². The summed E-state index contributed by atoms with van der Waals surface area (Å²) in [6, 6.07) is 10.3. The molecule has 0 unspecified atom stereocenters. The van der Waals surface area contributed by atoms with Crippen molar-refractivity contribution >= 4 is 55.6 Å². The number of hydrogen-bond acceptors (Lipinski definition) is 5. The molecule has 2 rings (SSSR count). The van der Waals surface area contributed by atoms with Gasteiger partial charge in [-0.05, 0) is 68.6 Å². The van der Waals surface area contributed by atoms with Crippen LogP contribution in [0.25, 0.3) is 0 Å². The number of ether oxygens (including phenoxy) is 1. The summed E-state index contributed by atoms with van der Waals surface area (Å²) < 4.78 is 6.48. The first-order valence-corrected chi connectivity index (χ1v) is 9.51. The summed E-state index contributed by atoms with van der Waals surface area (Å²) in [5, 5.41) is 16.3. The highest BCUT2D eigenvalue weighted by Crippen LogP contribution is 2.35. The summed E-state index contributed by atoms with van der Waals surface area (Å²) in [4.78, 5) is 23.7. The monoisotopic (exact) mass is 497 g/mol. The number of hydrazone groups is 1. The summed E-state index contributed by atoms with van der Waals surface area (Å²) in [5.41, 5.74) is 3.47. The van der Waals surface area contributed by atoms with Gasteiger partial charge in [0.25, 0.3) is 0 Å². The van der Waals surface area contributed by atoms with Crippen molar-refractivity contribution in [2.75, 3.05) is 11.9 Å². The number of nitrogens with zero attached hydrogens (tertiary/aromatic N) is 1. The normalized spacial score (nSPS) is 10.6. The van der Waals surface area contributed by atoms with Gasteiger partial charge in [-0.15, -0.1) is 0 Å². The molecule has 7 nitrogen and oxygen atoms in total. The zero-order chi connectivity index (χ0) is 19.8. The van der Waals surface area contributed by atoms with E-state index in [1.807, 2.05) is 6.07 Å². The zero-order valence-electron chi connectivity index (χ0n) is 14.3. The number of para-hydroxylation sites is 1. The molecule has 0 aliphatic rings. The fourth-order valence-corrected chi connectivity index (χ4v) is 2.90. The molecule has 0 bridgehead atoms. The molecule has 0 aliphatic carbocycles. The summed E-state index contributed by atoms with van der Waals surface area (Å²) >= 11 is 6.54. The molecule has 2 amide bonds. The molecule has 0 aliphatic heterocycles. The van der Waals surface area contributed by atoms with Crippen LogP contribution in [0.5, 0.6) is 11.5 Å². The van der Waals surface area contributed by atoms with Gasteiger partial charge in [0.05, 0.1) is 23.0 Å². The van der Waals surface area contributed by atoms with E-state index in [0.29, 0.717) is 28.1 Å². The van der Waals surface area contributed by atoms with Crippen LogP contribution in [0, 0.1) is 0 Å². The van der Waals surface area contributed by atoms with Gasteiger partial charge < -0.3 is 15.2 Å². The highest BCUT2D eigenvalue weighted by Gasteiger charge is 2.11. The second kappa shape index (κ2) is 10.1. The Kier molecular flexibility index (Phi) is 7.81. The molecule has 0 radical (unpaired) electrons. The molecule has 9 heteroatoms. The lowest BCUT2D eigenvalue weighted by atomic mass is 10.2. The van der Waals surface area contributed by atoms with E-state index in [1.54, 1.807) is 37.3 Å². The number of anilines is 1. The Labute approximate surface area is 173 Å². The number of halogens is 2. The lowest BCUT2D eigenvalue weighted by Gasteiger charge is -2.08. The molecule has 0 atom stereocenters. The van der Waals surface area contributed by atoms with Gasteiger partial charge in [-0.3, -0.25) is 9.59 Å². The van der Waals surface area contributed by atoms with E-state index in [1.165, 1.54) is 6.21 Å². The van der Waals surface area contributed by atoms with Gasteiger partial charge in [-0.1, -0.05) is 12.1 Å². The Hall–Kier alpha value is -2.39. The quantitative estimate of drug-likeness (QED) is 0.307. The predicted octanol–water partition coefficient (Wildman–Crippen LogP) is 3.79. The second-order valence-electron chi connectivity index (χ2n) is 5.28. The summed E-state index contributed by atoms with van der Waals surface area (Å²) in [6.45, 7) is 2.19. The van der Waals surface area contributed by atoms with E-state index in [-0.39, 0.29) is 12.2 Å². The summed E-state index contributed by atoms with van der Waals surface area (Å²) in [7, 11) is 0. The average Bonchev–Trinajstić information content (AvgIpc) is 2.61. The van der Waals surface area contributed by atoms with Crippen LogP contribution in [0.15, 0.2) is 50.4 Å². The first kappa shape index (κ1) is 20.9. The maximum atomic E-state index is 11.9. The van der Waals surface area contributed by atoms with Crippen molar-refractivity contribution in [3.63, 3.8) is 0 Å². The minimum atomic E-state index is -0.557. The van der Waals surface area contributed by atoms with Gasteiger partial charge in [0, 0.05) is 4.47 Å². The van der Waals surface area contributed by atoms with Gasteiger partial charge in [0.2, 0.25) is 11.8 Å². The molecule has 2 aromatic carbocycles. The van der Waals surface area contributed by atoms with Crippen LogP contribution in [0.4, 0.5) is 5.69 Å². The molecule has 2 aromatic rings. The van der Waals surface area contributed by atoms with Crippen molar-refractivity contribution in [3.8, 4) is 11.5 Å². The van der Waals surface area contributed by atoms with E-state index in [2.05, 4.69) is 47.7 Å². The molecule has 0 heterocycles. The van der Waals surface area contributed by atoms with E-state index in [9.17, 15) is 14.7 Å². The molecule has 0 saturated carbocycles. The maximum Gasteiger partial charge on any atom is 0.249 e. The molecule has 0 fully saturated rings. The minimum absolute atomic E-state index is 0.0122. The fourth-order valence-electron chi connectivity index (χ4n) is 2.05. The van der Waals surface area contributed by atoms with E-state index < -0.39 is 11.8 Å². The molecular weight excluding hydrogens is 482 g/mol. The number of hydrogen-bond donors (Lipinski definition) is 3. The molecule has 3 N–H and O–H groups in total. The Balaban J connectivity index is 1.91. The third-order valence-corrected chi connectivity index (χ3v) is 4.52. The lowest BCUT2D eigenvalue weighted by Crippen LogP contribution is -2.24. The third kappa shape index (κ3) is 6.37. The van der Waals surface area contributed by atoms with Crippen molar-refractivity contribution in [3.05, 3.63) is 50.9 Å². The predicted molar refractivity (Wildman–Crippen MR) is 110 cm³/mol. The molecule has 0 spiro atoms. The first-order chi connectivity index (χ1) is 12.9. The van der Waals surface area contributed by atoms with Crippen LogP contribution in [0.1, 0.15) is 18.9 Å². The average molecular weight is 499 g/mol. The highest BCUT2D eigenvalue weighted by atomic mass is 79.9. The fraction of sp³-hybridized carbons (Fsp3) is 0.167. The van der Waals surface area contributed by atoms with Gasteiger partial charge in [0.15, 0.2) is 11.5 Å². The highest BCUT2D eigenvalue weighted by molar-refractivity contribution is 9.11. The third-order valence-electron chi connectivity index (χ3n) is 3.22. The number of aromatic hydroxyl groups is 1. The Morgan fingerprint density at radius 3 is 2.63 bits per heavy atom. The van der Waals surface area contributed by atoms with Crippen molar-refractivity contribution in [2.45, 2.75) is 13.3 Å². The first-order valence-electron chi connectivity index (χ1n) is 7.92. The molecule has 0 aromatic heterocycles. The van der Waals surface area contributed by atoms with Crippen molar-refractivity contribution in [1.82, 2.24) is 5.43 Å². The van der Waals surface area contributed by atoms with E-state index >= 15 is 0 Å². The lowest BCUT2D eigenvalue weighted by molar-refractivity contribution is -0.126. The Bertz CT molecular complexity index is 872. The molecule has 0 saturated heterocycles. The number of benzene rings is 2. The largest absolute Gasteiger partial charge is 0.503 e. The van der Waals surface area contributed by atoms with Crippen LogP contribution >= 0.6 is 31.9 Å². The minimum Gasteiger partial charge on any atom is -0.503 e. The van der Waals surface area contributed by atoms with Crippen molar-refractivity contribution in [2.24, 2.45) is 5.10 Å². The van der Waals surface area contributed by atoms with Crippen molar-refractivity contribution in [1.29, 1.82) is 0 Å². The molecule has 142 valence electrons. The van der Waals surface area contributed by atoms with E-state index in [4.69, 9.17) is 4.74 Å². The summed E-state index contributed by atoms with van der Waals surface area (Å²) in [6.07, 6.45) is 1.01. The number of carbonyl (C=O) groups is 2. The number of phenolic OH excluding ortho intramolecular Hbond substituents is 1. The van der Waals surface area contributed by atoms with Crippen LogP contribution in [0.3, 0.4) is 0 Å². The Morgan fingerprint density at radius 2 is 1.93 bits per heavy atom. The zero-order valence-corrected chi connectivity index (χ0v) is 17.5.